The Balaban J connectivity index is 1.94. The van der Waals surface area contributed by atoms with Gasteiger partial charge in [-0.2, -0.15) is 0 Å². The number of nitrogens with one attached hydrogen (secondary N) is 2. The van der Waals surface area contributed by atoms with Crippen LogP contribution in [0.2, 0.25) is 0 Å². The van der Waals surface area contributed by atoms with E-state index in [0.717, 1.165) is 15.8 Å². The molecular formula is C13H11N3OS. The first-order valence-corrected chi connectivity index (χ1v) is 6.35. The Bertz CT molecular complexity index is 714. The molecular weight excluding hydrogens is 246 g/mol. The van der Waals surface area contributed by atoms with Gasteiger partial charge in [-0.3, -0.25) is 10.1 Å². The second-order valence-corrected chi connectivity index (χ2v) is 5.21. The lowest BCUT2D eigenvalue weighted by molar-refractivity contribution is 0.102. The maximum absolute atomic E-state index is 12.2. The number of thiazole rings is 1. The highest BCUT2D eigenvalue weighted by Gasteiger charge is 2.12. The minimum Gasteiger partial charge on any atom is -0.361 e. The van der Waals surface area contributed by atoms with Crippen molar-refractivity contribution in [3.8, 4) is 0 Å². The summed E-state index contributed by atoms with van der Waals surface area (Å²) in [4.78, 5) is 20.5. The van der Waals surface area contributed by atoms with Crippen molar-refractivity contribution in [1.29, 1.82) is 0 Å². The lowest BCUT2D eigenvalue weighted by Crippen LogP contribution is -2.12. The molecule has 0 fully saturated rings. The molecule has 0 radical (unpaired) electrons. The molecule has 18 heavy (non-hydrogen) atoms. The molecule has 0 atom stereocenters. The maximum Gasteiger partial charge on any atom is 0.259 e. The van der Waals surface area contributed by atoms with Crippen molar-refractivity contribution in [1.82, 2.24) is 9.97 Å². The van der Waals surface area contributed by atoms with Gasteiger partial charge in [-0.25, -0.2) is 4.98 Å². The molecule has 1 aromatic carbocycles. The van der Waals surface area contributed by atoms with Gasteiger partial charge in [-0.15, -0.1) is 11.3 Å². The number of nitrogens with zero attached hydrogens (tertiary/aromatic N) is 1. The van der Waals surface area contributed by atoms with Crippen LogP contribution >= 0.6 is 11.3 Å². The van der Waals surface area contributed by atoms with E-state index in [4.69, 9.17) is 0 Å². The van der Waals surface area contributed by atoms with Gasteiger partial charge in [0.2, 0.25) is 0 Å². The van der Waals surface area contributed by atoms with E-state index >= 15 is 0 Å². The van der Waals surface area contributed by atoms with Gasteiger partial charge in [-0.1, -0.05) is 12.1 Å². The van der Waals surface area contributed by atoms with Gasteiger partial charge in [0.1, 0.15) is 0 Å². The van der Waals surface area contributed by atoms with Crippen LogP contribution in [0.3, 0.4) is 0 Å². The molecule has 0 saturated heterocycles. The van der Waals surface area contributed by atoms with Gasteiger partial charge in [0.05, 0.1) is 11.1 Å². The minimum atomic E-state index is -0.141. The van der Waals surface area contributed by atoms with Crippen LogP contribution in [0.1, 0.15) is 15.2 Å². The SMILES string of the molecule is Cc1cnc(NC(=O)c2cccc3cc[nH]c23)s1. The summed E-state index contributed by atoms with van der Waals surface area (Å²) in [7, 11) is 0. The highest BCUT2D eigenvalue weighted by Crippen LogP contribution is 2.20. The Morgan fingerprint density at radius 2 is 2.28 bits per heavy atom. The standard InChI is InChI=1S/C13H11N3OS/c1-8-7-15-13(18-8)16-12(17)10-4-2-3-9-5-6-14-11(9)10/h2-7,14H,1H3,(H,15,16,17). The number of aryl methyl sites for hydroxylation is 1. The smallest absolute Gasteiger partial charge is 0.259 e. The molecule has 0 unspecified atom stereocenters. The number of anilines is 1. The zero-order chi connectivity index (χ0) is 12.5. The quantitative estimate of drug-likeness (QED) is 0.740. The Hall–Kier alpha value is -2.14. The summed E-state index contributed by atoms with van der Waals surface area (Å²) >= 11 is 1.46. The molecule has 0 saturated carbocycles. The van der Waals surface area contributed by atoms with E-state index in [1.54, 1.807) is 12.3 Å². The van der Waals surface area contributed by atoms with Crippen molar-refractivity contribution in [2.75, 3.05) is 5.32 Å². The number of H-pyrrole nitrogens is 1. The van der Waals surface area contributed by atoms with Gasteiger partial charge >= 0.3 is 0 Å². The van der Waals surface area contributed by atoms with Gasteiger partial charge in [0.15, 0.2) is 5.13 Å². The second kappa shape index (κ2) is 4.27. The predicted octanol–water partition coefficient (Wildman–Crippen LogP) is 3.19. The van der Waals surface area contributed by atoms with Crippen molar-refractivity contribution >= 4 is 33.3 Å². The molecule has 0 spiro atoms. The average Bonchev–Trinajstić information content (AvgIpc) is 2.97. The number of aromatic amines is 1. The molecule has 90 valence electrons. The topological polar surface area (TPSA) is 57.8 Å². The largest absolute Gasteiger partial charge is 0.361 e. The third-order valence-electron chi connectivity index (χ3n) is 2.67. The molecule has 3 aromatic rings. The van der Waals surface area contributed by atoms with Crippen molar-refractivity contribution in [2.45, 2.75) is 6.92 Å². The molecule has 0 aliphatic rings. The van der Waals surface area contributed by atoms with Crippen molar-refractivity contribution in [3.63, 3.8) is 0 Å². The molecule has 0 bridgehead atoms. The summed E-state index contributed by atoms with van der Waals surface area (Å²) in [6, 6.07) is 7.59. The van der Waals surface area contributed by atoms with E-state index in [1.165, 1.54) is 11.3 Å². The first-order valence-electron chi connectivity index (χ1n) is 5.54. The summed E-state index contributed by atoms with van der Waals surface area (Å²) in [5.74, 6) is -0.141. The van der Waals surface area contributed by atoms with E-state index in [2.05, 4.69) is 15.3 Å². The predicted molar refractivity (Wildman–Crippen MR) is 73.1 cm³/mol. The number of fused-ring (bicyclic) bond motifs is 1. The summed E-state index contributed by atoms with van der Waals surface area (Å²) < 4.78 is 0. The Morgan fingerprint density at radius 1 is 1.39 bits per heavy atom. The molecule has 5 heteroatoms. The molecule has 3 rings (SSSR count). The molecule has 0 aliphatic heterocycles. The van der Waals surface area contributed by atoms with E-state index < -0.39 is 0 Å². The average molecular weight is 257 g/mol. The number of aromatic nitrogens is 2. The molecule has 2 N–H and O–H groups in total. The molecule has 2 heterocycles. The number of amides is 1. The summed E-state index contributed by atoms with van der Waals surface area (Å²) in [6.07, 6.45) is 3.57. The molecule has 2 aromatic heterocycles. The van der Waals surface area contributed by atoms with E-state index in [9.17, 15) is 4.79 Å². The number of carbonyl (C=O) groups is 1. The fourth-order valence-electron chi connectivity index (χ4n) is 1.85. The number of benzene rings is 1. The third kappa shape index (κ3) is 1.89. The number of para-hydroxylation sites is 1. The van der Waals surface area contributed by atoms with E-state index in [-0.39, 0.29) is 5.91 Å². The van der Waals surface area contributed by atoms with Crippen LogP contribution in [0.25, 0.3) is 10.9 Å². The summed E-state index contributed by atoms with van der Waals surface area (Å²) in [5.41, 5.74) is 1.48. The Kier molecular flexibility index (Phi) is 2.60. The van der Waals surface area contributed by atoms with Crippen molar-refractivity contribution in [2.24, 2.45) is 0 Å². The zero-order valence-corrected chi connectivity index (χ0v) is 10.5. The van der Waals surface area contributed by atoms with Crippen LogP contribution in [0.5, 0.6) is 0 Å². The van der Waals surface area contributed by atoms with Gasteiger partial charge < -0.3 is 4.98 Å². The summed E-state index contributed by atoms with van der Waals surface area (Å²) in [5, 5.41) is 4.46. The Morgan fingerprint density at radius 3 is 3.06 bits per heavy atom. The van der Waals surface area contributed by atoms with Crippen LogP contribution in [0, 0.1) is 6.92 Å². The van der Waals surface area contributed by atoms with Crippen LogP contribution in [-0.4, -0.2) is 15.9 Å². The summed E-state index contributed by atoms with van der Waals surface area (Å²) in [6.45, 7) is 1.96. The van der Waals surface area contributed by atoms with Gasteiger partial charge in [-0.05, 0) is 19.1 Å². The normalized spacial score (nSPS) is 10.7. The van der Waals surface area contributed by atoms with Crippen LogP contribution in [0.15, 0.2) is 36.7 Å². The van der Waals surface area contributed by atoms with Crippen molar-refractivity contribution < 1.29 is 4.79 Å². The lowest BCUT2D eigenvalue weighted by atomic mass is 10.1. The van der Waals surface area contributed by atoms with Crippen LogP contribution < -0.4 is 5.32 Å². The van der Waals surface area contributed by atoms with E-state index in [1.807, 2.05) is 31.3 Å². The molecule has 1 amide bonds. The highest BCUT2D eigenvalue weighted by molar-refractivity contribution is 7.15. The highest BCUT2D eigenvalue weighted by atomic mass is 32.1. The van der Waals surface area contributed by atoms with Gasteiger partial charge in [0.25, 0.3) is 5.91 Å². The van der Waals surface area contributed by atoms with Gasteiger partial charge in [0, 0.05) is 22.7 Å². The van der Waals surface area contributed by atoms with Crippen LogP contribution in [0.4, 0.5) is 5.13 Å². The fourth-order valence-corrected chi connectivity index (χ4v) is 2.51. The van der Waals surface area contributed by atoms with Crippen LogP contribution in [-0.2, 0) is 0 Å². The fraction of sp³-hybridized carbons (Fsp3) is 0.0769. The molecule has 0 aliphatic carbocycles. The maximum atomic E-state index is 12.2. The number of rotatable bonds is 2. The first kappa shape index (κ1) is 11.0. The monoisotopic (exact) mass is 257 g/mol. The third-order valence-corrected chi connectivity index (χ3v) is 3.50. The van der Waals surface area contributed by atoms with E-state index in [0.29, 0.717) is 10.7 Å². The zero-order valence-electron chi connectivity index (χ0n) is 9.73. The minimum absolute atomic E-state index is 0.141. The first-order chi connectivity index (χ1) is 8.74. The number of hydrogen-bond acceptors (Lipinski definition) is 3. The Labute approximate surface area is 108 Å². The molecule has 4 nitrogen and oxygen atoms in total. The lowest BCUT2D eigenvalue weighted by Gasteiger charge is -2.03. The number of hydrogen-bond donors (Lipinski definition) is 2. The second-order valence-electron chi connectivity index (χ2n) is 3.98. The van der Waals surface area contributed by atoms with Crippen molar-refractivity contribution in [3.05, 3.63) is 47.1 Å². The number of carbonyl (C=O) groups excluding carboxylic acids is 1.